The van der Waals surface area contributed by atoms with Crippen LogP contribution in [0.5, 0.6) is 0 Å². The number of Topliss-reactive ketones (excluding diaryl/α,β-unsaturated/α-hetero) is 1. The molecule has 1 heterocycles. The summed E-state index contributed by atoms with van der Waals surface area (Å²) < 4.78 is 12.1. The molecule has 0 saturated carbocycles. The van der Waals surface area contributed by atoms with E-state index in [-0.39, 0.29) is 5.78 Å². The fourth-order valence-electron chi connectivity index (χ4n) is 2.98. The average Bonchev–Trinajstić information content (AvgIpc) is 2.55. The van der Waals surface area contributed by atoms with E-state index in [0.29, 0.717) is 30.8 Å². The van der Waals surface area contributed by atoms with Gasteiger partial charge in [0.15, 0.2) is 0 Å². The van der Waals surface area contributed by atoms with Crippen LogP contribution >= 0.6 is 0 Å². The third-order valence-electron chi connectivity index (χ3n) is 4.30. The molecule has 0 aromatic heterocycles. The van der Waals surface area contributed by atoms with Crippen LogP contribution in [0.2, 0.25) is 0 Å². The van der Waals surface area contributed by atoms with E-state index in [4.69, 9.17) is 9.47 Å². The number of ether oxygens (including phenoxy) is 2. The first-order valence-electron chi connectivity index (χ1n) is 7.80. The van der Waals surface area contributed by atoms with Crippen LogP contribution in [0.3, 0.4) is 0 Å². The monoisotopic (exact) mass is 301 g/mol. The Balaban J connectivity index is 2.58. The highest BCUT2D eigenvalue weighted by atomic mass is 16.7. The maximum Gasteiger partial charge on any atom is 0.208 e. The topological polar surface area (TPSA) is 59.3 Å². The molecule has 0 spiro atoms. The molecule has 2 rings (SSSR count). The molecule has 4 heteroatoms. The second kappa shape index (κ2) is 6.60. The third-order valence-corrected chi connectivity index (χ3v) is 4.30. The van der Waals surface area contributed by atoms with Crippen molar-refractivity contribution in [2.24, 2.45) is 5.41 Å². The Morgan fingerprint density at radius 1 is 1.32 bits per heavy atom. The number of nitrogens with zero attached hydrogens (tertiary/aromatic N) is 1. The van der Waals surface area contributed by atoms with E-state index in [1.807, 2.05) is 32.9 Å². The predicted octanol–water partition coefficient (Wildman–Crippen LogP) is 3.54. The van der Waals surface area contributed by atoms with E-state index < -0.39 is 11.2 Å². The Morgan fingerprint density at radius 3 is 2.55 bits per heavy atom. The molecule has 1 fully saturated rings. The van der Waals surface area contributed by atoms with Crippen LogP contribution in [-0.2, 0) is 20.1 Å². The Kier molecular flexibility index (Phi) is 5.00. The highest BCUT2D eigenvalue weighted by molar-refractivity contribution is 5.85. The molecule has 4 nitrogen and oxygen atoms in total. The van der Waals surface area contributed by atoms with E-state index >= 15 is 0 Å². The molecule has 0 N–H and O–H groups in total. The standard InChI is InChI=1S/C18H23NO3/c1-4-8-16(20)17(2,3)18(21-11-7-12-22-18)15-10-6-5-9-14(15)13-19/h5-6,9-10H,4,7-8,11-12H2,1-3H3. The summed E-state index contributed by atoms with van der Waals surface area (Å²) in [5, 5.41) is 9.43. The summed E-state index contributed by atoms with van der Waals surface area (Å²) in [6.45, 7) is 6.71. The average molecular weight is 301 g/mol. The molecule has 0 unspecified atom stereocenters. The van der Waals surface area contributed by atoms with Crippen molar-refractivity contribution in [3.63, 3.8) is 0 Å². The van der Waals surface area contributed by atoms with E-state index in [2.05, 4.69) is 6.07 Å². The van der Waals surface area contributed by atoms with Gasteiger partial charge < -0.3 is 9.47 Å². The van der Waals surface area contributed by atoms with Gasteiger partial charge in [-0.15, -0.1) is 0 Å². The van der Waals surface area contributed by atoms with E-state index in [0.717, 1.165) is 12.8 Å². The number of rotatable bonds is 5. The summed E-state index contributed by atoms with van der Waals surface area (Å²) in [4.78, 5) is 12.7. The number of hydrogen-bond acceptors (Lipinski definition) is 4. The van der Waals surface area contributed by atoms with Crippen molar-refractivity contribution in [1.82, 2.24) is 0 Å². The van der Waals surface area contributed by atoms with Gasteiger partial charge in [0, 0.05) is 12.0 Å². The first-order valence-corrected chi connectivity index (χ1v) is 7.80. The summed E-state index contributed by atoms with van der Waals surface area (Å²) in [7, 11) is 0. The van der Waals surface area contributed by atoms with Gasteiger partial charge in [0.25, 0.3) is 0 Å². The largest absolute Gasteiger partial charge is 0.345 e. The molecule has 1 saturated heterocycles. The van der Waals surface area contributed by atoms with Gasteiger partial charge in [-0.3, -0.25) is 4.79 Å². The van der Waals surface area contributed by atoms with Crippen LogP contribution < -0.4 is 0 Å². The highest BCUT2D eigenvalue weighted by Crippen LogP contribution is 2.48. The van der Waals surface area contributed by atoms with Gasteiger partial charge in [0.1, 0.15) is 5.78 Å². The fourth-order valence-corrected chi connectivity index (χ4v) is 2.98. The molecule has 0 bridgehead atoms. The molecule has 0 atom stereocenters. The van der Waals surface area contributed by atoms with Crippen molar-refractivity contribution in [3.05, 3.63) is 35.4 Å². The van der Waals surface area contributed by atoms with Crippen LogP contribution in [0, 0.1) is 16.7 Å². The number of hydrogen-bond donors (Lipinski definition) is 0. The van der Waals surface area contributed by atoms with E-state index in [9.17, 15) is 10.1 Å². The highest BCUT2D eigenvalue weighted by Gasteiger charge is 2.55. The zero-order valence-electron chi connectivity index (χ0n) is 13.5. The second-order valence-corrected chi connectivity index (χ2v) is 6.12. The lowest BCUT2D eigenvalue weighted by Gasteiger charge is -2.47. The van der Waals surface area contributed by atoms with Gasteiger partial charge in [-0.1, -0.05) is 25.1 Å². The lowest BCUT2D eigenvalue weighted by atomic mass is 9.73. The molecule has 0 amide bonds. The molecular weight excluding hydrogens is 278 g/mol. The fraction of sp³-hybridized carbons (Fsp3) is 0.556. The lowest BCUT2D eigenvalue weighted by Crippen LogP contribution is -2.53. The Morgan fingerprint density at radius 2 is 1.95 bits per heavy atom. The van der Waals surface area contributed by atoms with Gasteiger partial charge in [0.2, 0.25) is 5.79 Å². The molecular formula is C18H23NO3. The Hall–Kier alpha value is -1.70. The normalized spacial score (nSPS) is 17.7. The summed E-state index contributed by atoms with van der Waals surface area (Å²) in [6.07, 6.45) is 2.03. The van der Waals surface area contributed by atoms with Crippen molar-refractivity contribution in [3.8, 4) is 6.07 Å². The summed E-state index contributed by atoms with van der Waals surface area (Å²) in [6, 6.07) is 9.40. The van der Waals surface area contributed by atoms with Crippen molar-refractivity contribution < 1.29 is 14.3 Å². The van der Waals surface area contributed by atoms with Crippen molar-refractivity contribution in [2.75, 3.05) is 13.2 Å². The molecule has 1 aliphatic heterocycles. The smallest absolute Gasteiger partial charge is 0.208 e. The molecule has 118 valence electrons. The van der Waals surface area contributed by atoms with Gasteiger partial charge in [-0.25, -0.2) is 0 Å². The summed E-state index contributed by atoms with van der Waals surface area (Å²) >= 11 is 0. The van der Waals surface area contributed by atoms with Gasteiger partial charge in [-0.05, 0) is 32.8 Å². The molecule has 0 radical (unpaired) electrons. The van der Waals surface area contributed by atoms with Gasteiger partial charge in [-0.2, -0.15) is 5.26 Å². The number of ketones is 1. The lowest BCUT2D eigenvalue weighted by molar-refractivity contribution is -0.320. The first-order chi connectivity index (χ1) is 10.5. The van der Waals surface area contributed by atoms with E-state index in [1.165, 1.54) is 0 Å². The Bertz CT molecular complexity index is 580. The van der Waals surface area contributed by atoms with Gasteiger partial charge >= 0.3 is 0 Å². The molecule has 1 aromatic rings. The van der Waals surface area contributed by atoms with Crippen LogP contribution in [-0.4, -0.2) is 19.0 Å². The quantitative estimate of drug-likeness (QED) is 0.834. The first kappa shape index (κ1) is 16.7. The number of carbonyl (C=O) groups is 1. The molecule has 22 heavy (non-hydrogen) atoms. The number of carbonyl (C=O) groups excluding carboxylic acids is 1. The van der Waals surface area contributed by atoms with Crippen LogP contribution in [0.25, 0.3) is 0 Å². The van der Waals surface area contributed by atoms with Crippen molar-refractivity contribution >= 4 is 5.78 Å². The minimum absolute atomic E-state index is 0.0876. The van der Waals surface area contributed by atoms with Crippen molar-refractivity contribution in [1.29, 1.82) is 5.26 Å². The summed E-state index contributed by atoms with van der Waals surface area (Å²) in [5.74, 6) is -1.10. The molecule has 1 aromatic carbocycles. The van der Waals surface area contributed by atoms with Gasteiger partial charge in [0.05, 0.1) is 30.3 Å². The van der Waals surface area contributed by atoms with Crippen LogP contribution in [0.1, 0.15) is 51.2 Å². The molecule has 1 aliphatic rings. The van der Waals surface area contributed by atoms with E-state index in [1.54, 1.807) is 12.1 Å². The number of nitriles is 1. The third kappa shape index (κ3) is 2.67. The second-order valence-electron chi connectivity index (χ2n) is 6.12. The summed E-state index contributed by atoms with van der Waals surface area (Å²) in [5.41, 5.74) is 0.268. The zero-order valence-corrected chi connectivity index (χ0v) is 13.5. The predicted molar refractivity (Wildman–Crippen MR) is 83.1 cm³/mol. The number of benzene rings is 1. The molecule has 0 aliphatic carbocycles. The Labute approximate surface area is 132 Å². The minimum Gasteiger partial charge on any atom is -0.345 e. The maximum atomic E-state index is 12.7. The van der Waals surface area contributed by atoms with Crippen LogP contribution in [0.4, 0.5) is 0 Å². The maximum absolute atomic E-state index is 12.7. The van der Waals surface area contributed by atoms with Crippen LogP contribution in [0.15, 0.2) is 24.3 Å². The zero-order chi connectivity index (χ0) is 16.2. The SMILES string of the molecule is CCCC(=O)C(C)(C)C1(c2ccccc2C#N)OCCCO1. The minimum atomic E-state index is -1.19. The van der Waals surface area contributed by atoms with Crippen molar-refractivity contribution in [2.45, 2.75) is 45.8 Å².